The van der Waals surface area contributed by atoms with Gasteiger partial charge >= 0.3 is 0 Å². The van der Waals surface area contributed by atoms with Gasteiger partial charge in [-0.05, 0) is 43.2 Å². The molecule has 0 saturated carbocycles. The number of carbonyl (C=O) groups is 1. The number of aromatic nitrogens is 1. The highest BCUT2D eigenvalue weighted by Gasteiger charge is 2.24. The molecule has 0 aliphatic heterocycles. The minimum atomic E-state index is -0.373. The molecule has 6 nitrogen and oxygen atoms in total. The van der Waals surface area contributed by atoms with Crippen molar-refractivity contribution in [3.05, 3.63) is 41.1 Å². The maximum atomic E-state index is 13.0. The Morgan fingerprint density at radius 2 is 2.00 bits per heavy atom. The van der Waals surface area contributed by atoms with Gasteiger partial charge in [0.25, 0.3) is 0 Å². The molecule has 1 N–H and O–H groups in total. The number of anilines is 1. The summed E-state index contributed by atoms with van der Waals surface area (Å²) in [5.41, 5.74) is 3.36. The standard InChI is InChI=1S/C23H27N3O3S/c1-5-21(22(27)25-17-10-18(28-3)12-19(11-17)29-4)30-23-16(13-24)9-15-8-14(2)6-7-20(15)26-23/h9-12,14,21H,5-8H2,1-4H3,(H,25,27). The molecule has 1 aliphatic carbocycles. The van der Waals surface area contributed by atoms with Crippen LogP contribution in [0.4, 0.5) is 5.69 Å². The van der Waals surface area contributed by atoms with Crippen molar-refractivity contribution in [1.29, 1.82) is 5.26 Å². The third-order valence-corrected chi connectivity index (χ3v) is 6.62. The van der Waals surface area contributed by atoms with E-state index in [1.54, 1.807) is 32.4 Å². The van der Waals surface area contributed by atoms with Crippen LogP contribution in [0.3, 0.4) is 0 Å². The van der Waals surface area contributed by atoms with Gasteiger partial charge in [0.05, 0.1) is 25.0 Å². The number of carbonyl (C=O) groups excluding carboxylic acids is 1. The molecule has 30 heavy (non-hydrogen) atoms. The molecule has 0 bridgehead atoms. The third-order valence-electron chi connectivity index (χ3n) is 5.26. The highest BCUT2D eigenvalue weighted by atomic mass is 32.2. The molecule has 0 fully saturated rings. The number of nitrogens with zero attached hydrogens (tertiary/aromatic N) is 2. The molecule has 3 rings (SSSR count). The Balaban J connectivity index is 1.80. The Morgan fingerprint density at radius 1 is 1.30 bits per heavy atom. The third kappa shape index (κ3) is 5.06. The van der Waals surface area contributed by atoms with Gasteiger partial charge in [-0.2, -0.15) is 5.26 Å². The number of pyridine rings is 1. The number of hydrogen-bond donors (Lipinski definition) is 1. The number of aryl methyl sites for hydroxylation is 1. The lowest BCUT2D eigenvalue weighted by Crippen LogP contribution is -2.25. The van der Waals surface area contributed by atoms with Crippen molar-refractivity contribution >= 4 is 23.4 Å². The number of methoxy groups -OCH3 is 2. The Morgan fingerprint density at radius 3 is 2.60 bits per heavy atom. The van der Waals surface area contributed by atoms with E-state index in [1.165, 1.54) is 11.8 Å². The van der Waals surface area contributed by atoms with Crippen LogP contribution in [0.2, 0.25) is 0 Å². The molecule has 1 aromatic heterocycles. The summed E-state index contributed by atoms with van der Waals surface area (Å²) < 4.78 is 10.5. The molecule has 7 heteroatoms. The quantitative estimate of drug-likeness (QED) is 0.653. The minimum absolute atomic E-state index is 0.144. The second kappa shape index (κ2) is 9.86. The van der Waals surface area contributed by atoms with Crippen LogP contribution in [0.1, 0.15) is 43.5 Å². The zero-order valence-corrected chi connectivity index (χ0v) is 18.6. The first kappa shape index (κ1) is 22.0. The monoisotopic (exact) mass is 425 g/mol. The van der Waals surface area contributed by atoms with Gasteiger partial charge in [-0.1, -0.05) is 25.6 Å². The lowest BCUT2D eigenvalue weighted by Gasteiger charge is -2.22. The average molecular weight is 426 g/mol. The molecule has 0 saturated heterocycles. The smallest absolute Gasteiger partial charge is 0.237 e. The van der Waals surface area contributed by atoms with Crippen molar-refractivity contribution in [2.24, 2.45) is 5.92 Å². The molecule has 1 amide bonds. The van der Waals surface area contributed by atoms with Gasteiger partial charge in [0, 0.05) is 29.6 Å². The number of fused-ring (bicyclic) bond motifs is 1. The Bertz CT molecular complexity index is 949. The van der Waals surface area contributed by atoms with Crippen molar-refractivity contribution < 1.29 is 14.3 Å². The van der Waals surface area contributed by atoms with Crippen molar-refractivity contribution in [1.82, 2.24) is 4.98 Å². The van der Waals surface area contributed by atoms with Crippen molar-refractivity contribution in [3.63, 3.8) is 0 Å². The lowest BCUT2D eigenvalue weighted by molar-refractivity contribution is -0.115. The molecule has 158 valence electrons. The normalized spacial score (nSPS) is 16.2. The second-order valence-electron chi connectivity index (χ2n) is 7.51. The van der Waals surface area contributed by atoms with E-state index in [2.05, 4.69) is 18.3 Å². The lowest BCUT2D eigenvalue weighted by atomic mass is 9.87. The fraction of sp³-hybridized carbons (Fsp3) is 0.435. The first-order valence-electron chi connectivity index (χ1n) is 10.1. The fourth-order valence-corrected chi connectivity index (χ4v) is 4.55. The van der Waals surface area contributed by atoms with Gasteiger partial charge < -0.3 is 14.8 Å². The molecule has 1 aromatic carbocycles. The number of rotatable bonds is 7. The number of hydrogen-bond acceptors (Lipinski definition) is 6. The number of nitriles is 1. The van der Waals surface area contributed by atoms with Crippen LogP contribution in [-0.4, -0.2) is 30.4 Å². The molecular formula is C23H27N3O3S. The second-order valence-corrected chi connectivity index (χ2v) is 8.70. The number of benzene rings is 1. The van der Waals surface area contributed by atoms with E-state index >= 15 is 0 Å². The Hall–Kier alpha value is -2.72. The van der Waals surface area contributed by atoms with E-state index in [1.807, 2.05) is 13.0 Å². The number of thioether (sulfide) groups is 1. The van der Waals surface area contributed by atoms with E-state index in [0.717, 1.165) is 30.5 Å². The molecule has 2 aromatic rings. The largest absolute Gasteiger partial charge is 0.497 e. The summed E-state index contributed by atoms with van der Waals surface area (Å²) in [6.07, 6.45) is 3.59. The van der Waals surface area contributed by atoms with Crippen molar-refractivity contribution in [2.45, 2.75) is 49.8 Å². The van der Waals surface area contributed by atoms with Crippen LogP contribution < -0.4 is 14.8 Å². The summed E-state index contributed by atoms with van der Waals surface area (Å²) in [4.78, 5) is 17.7. The first-order valence-corrected chi connectivity index (χ1v) is 11.0. The summed E-state index contributed by atoms with van der Waals surface area (Å²) in [6.45, 7) is 4.18. The molecule has 2 atom stereocenters. The molecular weight excluding hydrogens is 398 g/mol. The van der Waals surface area contributed by atoms with E-state index in [4.69, 9.17) is 14.5 Å². The highest BCUT2D eigenvalue weighted by Crippen LogP contribution is 2.33. The predicted molar refractivity (Wildman–Crippen MR) is 118 cm³/mol. The molecule has 2 unspecified atom stereocenters. The van der Waals surface area contributed by atoms with E-state index in [9.17, 15) is 10.1 Å². The summed E-state index contributed by atoms with van der Waals surface area (Å²) in [5.74, 6) is 1.67. The summed E-state index contributed by atoms with van der Waals surface area (Å²) >= 11 is 1.35. The van der Waals surface area contributed by atoms with E-state index in [-0.39, 0.29) is 11.2 Å². The van der Waals surface area contributed by atoms with Crippen LogP contribution in [0.25, 0.3) is 0 Å². The van der Waals surface area contributed by atoms with Gasteiger partial charge in [-0.3, -0.25) is 4.79 Å². The minimum Gasteiger partial charge on any atom is -0.497 e. The van der Waals surface area contributed by atoms with Crippen LogP contribution in [0.15, 0.2) is 29.3 Å². The van der Waals surface area contributed by atoms with E-state index in [0.29, 0.717) is 40.1 Å². The number of amides is 1. The van der Waals surface area contributed by atoms with E-state index < -0.39 is 0 Å². The molecule has 1 heterocycles. The SMILES string of the molecule is CCC(Sc1nc2c(cc1C#N)CC(C)CC2)C(=O)Nc1cc(OC)cc(OC)c1. The van der Waals surface area contributed by atoms with Crippen LogP contribution in [0, 0.1) is 17.2 Å². The number of ether oxygens (including phenoxy) is 2. The average Bonchev–Trinajstić information content (AvgIpc) is 2.76. The highest BCUT2D eigenvalue weighted by molar-refractivity contribution is 8.00. The zero-order chi connectivity index (χ0) is 21.7. The summed E-state index contributed by atoms with van der Waals surface area (Å²) in [6, 6.07) is 9.46. The maximum Gasteiger partial charge on any atom is 0.237 e. The fourth-order valence-electron chi connectivity index (χ4n) is 3.56. The van der Waals surface area contributed by atoms with Gasteiger partial charge in [-0.25, -0.2) is 4.98 Å². The van der Waals surface area contributed by atoms with Crippen LogP contribution in [0.5, 0.6) is 11.5 Å². The summed E-state index contributed by atoms with van der Waals surface area (Å²) in [5, 5.41) is 12.8. The Kier molecular flexibility index (Phi) is 7.22. The first-order chi connectivity index (χ1) is 14.5. The van der Waals surface area contributed by atoms with Crippen molar-refractivity contribution in [2.75, 3.05) is 19.5 Å². The molecule has 0 spiro atoms. The van der Waals surface area contributed by atoms with Crippen LogP contribution in [-0.2, 0) is 17.6 Å². The topological polar surface area (TPSA) is 84.2 Å². The van der Waals surface area contributed by atoms with Crippen molar-refractivity contribution in [3.8, 4) is 17.6 Å². The van der Waals surface area contributed by atoms with Gasteiger partial charge in [-0.15, -0.1) is 0 Å². The van der Waals surface area contributed by atoms with Gasteiger partial charge in [0.1, 0.15) is 22.6 Å². The van der Waals surface area contributed by atoms with Gasteiger partial charge in [0.15, 0.2) is 0 Å². The summed E-state index contributed by atoms with van der Waals surface area (Å²) in [7, 11) is 3.13. The Labute approximate surface area is 182 Å². The van der Waals surface area contributed by atoms with Gasteiger partial charge in [0.2, 0.25) is 5.91 Å². The zero-order valence-electron chi connectivity index (χ0n) is 17.8. The van der Waals surface area contributed by atoms with Crippen LogP contribution >= 0.6 is 11.8 Å². The maximum absolute atomic E-state index is 13.0. The molecule has 1 aliphatic rings. The molecule has 0 radical (unpaired) electrons. The predicted octanol–water partition coefficient (Wildman–Crippen LogP) is 4.60. The number of nitrogens with one attached hydrogen (secondary N) is 1.